The highest BCUT2D eigenvalue weighted by molar-refractivity contribution is 5.94. The minimum Gasteiger partial charge on any atom is -0.482 e. The van der Waals surface area contributed by atoms with E-state index in [9.17, 15) is 4.79 Å². The Kier molecular flexibility index (Phi) is 4.82. The summed E-state index contributed by atoms with van der Waals surface area (Å²) in [5, 5.41) is 10.1. The van der Waals surface area contributed by atoms with Crippen molar-refractivity contribution in [1.82, 2.24) is 10.2 Å². The molecule has 6 heteroatoms. The van der Waals surface area contributed by atoms with Crippen LogP contribution in [0, 0.1) is 5.92 Å². The molecule has 2 aliphatic rings. The topological polar surface area (TPSA) is 76.2 Å². The number of ether oxygens (including phenoxy) is 2. The van der Waals surface area contributed by atoms with Crippen molar-refractivity contribution in [3.63, 3.8) is 0 Å². The lowest BCUT2D eigenvalue weighted by atomic mass is 9.86. The zero-order chi connectivity index (χ0) is 17.9. The normalized spacial score (nSPS) is 22.8. The first-order chi connectivity index (χ1) is 12.7. The number of carbonyl (C=O) groups is 1. The highest BCUT2D eigenvalue weighted by Gasteiger charge is 2.34. The lowest BCUT2D eigenvalue weighted by molar-refractivity contribution is -0.128. The maximum atomic E-state index is 12.6. The minimum absolute atomic E-state index is 0.247. The van der Waals surface area contributed by atoms with Crippen molar-refractivity contribution in [2.24, 2.45) is 5.92 Å². The van der Waals surface area contributed by atoms with Gasteiger partial charge >= 0.3 is 0 Å². The van der Waals surface area contributed by atoms with E-state index >= 15 is 0 Å². The molecule has 1 saturated carbocycles. The maximum Gasteiger partial charge on any atom is 0.270 e. The summed E-state index contributed by atoms with van der Waals surface area (Å²) in [7, 11) is 0. The molecule has 0 bridgehead atoms. The molecule has 2 atom stereocenters. The summed E-state index contributed by atoms with van der Waals surface area (Å²) in [5.41, 5.74) is 1.08. The van der Waals surface area contributed by atoms with E-state index in [1.54, 1.807) is 6.07 Å². The third-order valence-corrected chi connectivity index (χ3v) is 5.22. The van der Waals surface area contributed by atoms with Crippen molar-refractivity contribution in [2.75, 3.05) is 5.32 Å². The second-order valence-electron chi connectivity index (χ2n) is 7.28. The fraction of sp³-hybridized carbons (Fsp3) is 0.500. The van der Waals surface area contributed by atoms with E-state index in [-0.39, 0.29) is 12.0 Å². The van der Waals surface area contributed by atoms with Crippen LogP contribution in [-0.2, 0) is 11.2 Å². The first-order valence-electron chi connectivity index (χ1n) is 9.46. The number of anilines is 1. The summed E-state index contributed by atoms with van der Waals surface area (Å²) in [5.74, 6) is 2.27. The quantitative estimate of drug-likeness (QED) is 0.877. The van der Waals surface area contributed by atoms with Crippen LogP contribution >= 0.6 is 0 Å². The van der Waals surface area contributed by atoms with Gasteiger partial charge in [0.15, 0.2) is 17.3 Å². The minimum atomic E-state index is -0.705. The fourth-order valence-electron chi connectivity index (χ4n) is 3.84. The molecule has 1 aromatic heterocycles. The van der Waals surface area contributed by atoms with Crippen LogP contribution in [0.1, 0.15) is 44.7 Å². The number of hydrogen-bond acceptors (Lipinski definition) is 4. The Morgan fingerprint density at radius 1 is 1.19 bits per heavy atom. The number of carbonyl (C=O) groups excluding carboxylic acids is 1. The van der Waals surface area contributed by atoms with Gasteiger partial charge in [-0.05, 0) is 31.4 Å². The summed E-state index contributed by atoms with van der Waals surface area (Å²) < 4.78 is 11.6. The number of nitrogens with zero attached hydrogens (tertiary/aromatic N) is 1. The van der Waals surface area contributed by atoms with Gasteiger partial charge < -0.3 is 14.8 Å². The molecule has 0 saturated heterocycles. The van der Waals surface area contributed by atoms with Crippen molar-refractivity contribution in [3.8, 4) is 11.5 Å². The molecule has 138 valence electrons. The van der Waals surface area contributed by atoms with E-state index in [2.05, 4.69) is 15.5 Å². The van der Waals surface area contributed by atoms with Crippen LogP contribution in [0.5, 0.6) is 11.5 Å². The Morgan fingerprint density at radius 2 is 1.92 bits per heavy atom. The molecule has 0 radical (unpaired) electrons. The van der Waals surface area contributed by atoms with Gasteiger partial charge in [-0.2, -0.15) is 5.10 Å². The zero-order valence-electron chi connectivity index (χ0n) is 15.0. The number of para-hydroxylation sites is 2. The molecule has 2 aromatic rings. The highest BCUT2D eigenvalue weighted by atomic mass is 16.6. The predicted molar refractivity (Wildman–Crippen MR) is 98.4 cm³/mol. The summed E-state index contributed by atoms with van der Waals surface area (Å²) in [6.45, 7) is 1.83. The van der Waals surface area contributed by atoms with Gasteiger partial charge in [0, 0.05) is 11.8 Å². The monoisotopic (exact) mass is 355 g/mol. The Bertz CT molecular complexity index is 767. The highest BCUT2D eigenvalue weighted by Crippen LogP contribution is 2.33. The predicted octanol–water partition coefficient (Wildman–Crippen LogP) is 3.70. The molecular weight excluding hydrogens is 330 g/mol. The molecule has 26 heavy (non-hydrogen) atoms. The van der Waals surface area contributed by atoms with Crippen LogP contribution in [0.3, 0.4) is 0 Å². The van der Waals surface area contributed by atoms with Gasteiger partial charge in [-0.15, -0.1) is 0 Å². The number of rotatable bonds is 4. The van der Waals surface area contributed by atoms with Gasteiger partial charge in [0.05, 0.1) is 0 Å². The standard InChI is InChI=1S/C20H25N3O3/c1-13-19(26-17-10-6-5-9-16(17)25-13)20(24)21-18-12-15(22-23-18)11-14-7-3-2-4-8-14/h5-6,9-10,12-14,19H,2-4,7-8,11H2,1H3,(H2,21,22,23,24). The Labute approximate surface area is 153 Å². The van der Waals surface area contributed by atoms with Gasteiger partial charge in [0.25, 0.3) is 5.91 Å². The van der Waals surface area contributed by atoms with Gasteiger partial charge in [-0.25, -0.2) is 0 Å². The third-order valence-electron chi connectivity index (χ3n) is 5.22. The molecule has 2 unspecified atom stereocenters. The van der Waals surface area contributed by atoms with Crippen molar-refractivity contribution in [3.05, 3.63) is 36.0 Å². The van der Waals surface area contributed by atoms with Gasteiger partial charge in [-0.1, -0.05) is 44.2 Å². The number of aromatic amines is 1. The van der Waals surface area contributed by atoms with Crippen LogP contribution in [0.4, 0.5) is 5.82 Å². The maximum absolute atomic E-state index is 12.6. The Hall–Kier alpha value is -2.50. The molecule has 2 N–H and O–H groups in total. The Morgan fingerprint density at radius 3 is 2.69 bits per heavy atom. The van der Waals surface area contributed by atoms with E-state index in [0.717, 1.165) is 18.0 Å². The van der Waals surface area contributed by atoms with Crippen LogP contribution in [0.2, 0.25) is 0 Å². The largest absolute Gasteiger partial charge is 0.482 e. The van der Waals surface area contributed by atoms with Gasteiger partial charge in [-0.3, -0.25) is 9.89 Å². The van der Waals surface area contributed by atoms with Crippen LogP contribution in [0.25, 0.3) is 0 Å². The number of amides is 1. The van der Waals surface area contributed by atoms with E-state index < -0.39 is 6.10 Å². The molecule has 4 rings (SSSR count). The first-order valence-corrected chi connectivity index (χ1v) is 9.46. The van der Waals surface area contributed by atoms with Crippen molar-refractivity contribution < 1.29 is 14.3 Å². The fourth-order valence-corrected chi connectivity index (χ4v) is 3.84. The molecular formula is C20H25N3O3. The molecule has 2 heterocycles. The lowest BCUT2D eigenvalue weighted by Crippen LogP contribution is -2.46. The molecule has 0 spiro atoms. The van der Waals surface area contributed by atoms with Crippen molar-refractivity contribution >= 4 is 11.7 Å². The molecule has 1 aromatic carbocycles. The number of aromatic nitrogens is 2. The number of benzene rings is 1. The first kappa shape index (κ1) is 16.9. The number of nitrogens with one attached hydrogen (secondary N) is 2. The molecule has 6 nitrogen and oxygen atoms in total. The molecule has 1 aliphatic carbocycles. The molecule has 1 amide bonds. The zero-order valence-corrected chi connectivity index (χ0v) is 15.0. The molecule has 1 fully saturated rings. The van der Waals surface area contributed by atoms with Gasteiger partial charge in [0.1, 0.15) is 6.10 Å². The number of hydrogen-bond donors (Lipinski definition) is 2. The summed E-state index contributed by atoms with van der Waals surface area (Å²) in [4.78, 5) is 12.6. The summed E-state index contributed by atoms with van der Waals surface area (Å²) in [6.07, 6.45) is 6.48. The van der Waals surface area contributed by atoms with E-state index in [1.165, 1.54) is 32.1 Å². The lowest BCUT2D eigenvalue weighted by Gasteiger charge is -2.30. The second-order valence-corrected chi connectivity index (χ2v) is 7.28. The van der Waals surface area contributed by atoms with Crippen LogP contribution < -0.4 is 14.8 Å². The average Bonchev–Trinajstić information content (AvgIpc) is 3.08. The van der Waals surface area contributed by atoms with Crippen molar-refractivity contribution in [1.29, 1.82) is 0 Å². The average molecular weight is 355 g/mol. The second kappa shape index (κ2) is 7.40. The van der Waals surface area contributed by atoms with Crippen LogP contribution in [-0.4, -0.2) is 28.3 Å². The van der Waals surface area contributed by atoms with Gasteiger partial charge in [0.2, 0.25) is 6.10 Å². The SMILES string of the molecule is CC1Oc2ccccc2OC1C(=O)Nc1cc(CC2CCCCC2)[nH]n1. The summed E-state index contributed by atoms with van der Waals surface area (Å²) in [6, 6.07) is 9.31. The van der Waals surface area contributed by atoms with E-state index in [4.69, 9.17) is 9.47 Å². The van der Waals surface area contributed by atoms with Crippen molar-refractivity contribution in [2.45, 2.75) is 57.7 Å². The molecule has 1 aliphatic heterocycles. The van der Waals surface area contributed by atoms with Crippen LogP contribution in [0.15, 0.2) is 30.3 Å². The van der Waals surface area contributed by atoms with E-state index in [1.807, 2.05) is 31.2 Å². The Balaban J connectivity index is 1.37. The summed E-state index contributed by atoms with van der Waals surface area (Å²) >= 11 is 0. The number of fused-ring (bicyclic) bond motifs is 1. The van der Waals surface area contributed by atoms with E-state index in [0.29, 0.717) is 17.3 Å². The third kappa shape index (κ3) is 3.69. The number of H-pyrrole nitrogens is 1. The smallest absolute Gasteiger partial charge is 0.270 e.